The van der Waals surface area contributed by atoms with Gasteiger partial charge in [-0.15, -0.1) is 11.8 Å². The minimum atomic E-state index is 0.620. The molecule has 0 radical (unpaired) electrons. The highest BCUT2D eigenvalue weighted by atomic mass is 32.2. The second-order valence-electron chi connectivity index (χ2n) is 5.62. The molecule has 0 amide bonds. The van der Waals surface area contributed by atoms with Crippen LogP contribution in [0.15, 0.2) is 53.4 Å². The summed E-state index contributed by atoms with van der Waals surface area (Å²) in [6, 6.07) is 18.2. The van der Waals surface area contributed by atoms with E-state index in [4.69, 9.17) is 0 Å². The van der Waals surface area contributed by atoms with E-state index in [0.29, 0.717) is 6.04 Å². The Hall–Kier alpha value is -1.41. The molecule has 1 N–H and O–H groups in total. The van der Waals surface area contributed by atoms with Crippen molar-refractivity contribution in [3.8, 4) is 0 Å². The minimum absolute atomic E-state index is 0.620. The van der Waals surface area contributed by atoms with Crippen LogP contribution in [0.25, 0.3) is 0 Å². The fraction of sp³-hybridized carbons (Fsp3) is 0.333. The number of anilines is 1. The Kier molecular flexibility index (Phi) is 4.02. The summed E-state index contributed by atoms with van der Waals surface area (Å²) in [4.78, 5) is 1.34. The van der Waals surface area contributed by atoms with E-state index >= 15 is 0 Å². The van der Waals surface area contributed by atoms with Gasteiger partial charge in [0.2, 0.25) is 0 Å². The zero-order valence-electron chi connectivity index (χ0n) is 12.1. The Balaban J connectivity index is 1.59. The van der Waals surface area contributed by atoms with Crippen molar-refractivity contribution in [2.24, 2.45) is 0 Å². The molecule has 2 heteroatoms. The van der Waals surface area contributed by atoms with Crippen LogP contribution in [-0.2, 0) is 0 Å². The molecule has 0 aromatic heterocycles. The van der Waals surface area contributed by atoms with Gasteiger partial charge in [-0.3, -0.25) is 0 Å². The summed E-state index contributed by atoms with van der Waals surface area (Å²) in [6.45, 7) is 2.15. The Labute approximate surface area is 125 Å². The Bertz CT molecular complexity index is 570. The van der Waals surface area contributed by atoms with E-state index < -0.39 is 0 Å². The second-order valence-corrected chi connectivity index (χ2v) is 6.47. The van der Waals surface area contributed by atoms with Crippen LogP contribution in [-0.4, -0.2) is 12.3 Å². The van der Waals surface area contributed by atoms with Gasteiger partial charge in [0.1, 0.15) is 0 Å². The second kappa shape index (κ2) is 5.92. The Morgan fingerprint density at radius 3 is 2.40 bits per heavy atom. The molecule has 0 heterocycles. The molecule has 1 aliphatic rings. The quantitative estimate of drug-likeness (QED) is 0.786. The number of rotatable bonds is 4. The van der Waals surface area contributed by atoms with E-state index in [2.05, 4.69) is 67.0 Å². The summed E-state index contributed by atoms with van der Waals surface area (Å²) < 4.78 is 0. The van der Waals surface area contributed by atoms with Crippen LogP contribution in [0.3, 0.4) is 0 Å². The highest BCUT2D eigenvalue weighted by molar-refractivity contribution is 7.98. The topological polar surface area (TPSA) is 12.0 Å². The minimum Gasteiger partial charge on any atom is -0.381 e. The molecule has 0 aliphatic heterocycles. The molecule has 0 spiro atoms. The van der Waals surface area contributed by atoms with Crippen LogP contribution in [0, 0.1) is 6.92 Å². The SMILES string of the molecule is CSc1ccccc1NC1CC(c2ccc(C)cc2)C1. The third-order valence-electron chi connectivity index (χ3n) is 4.15. The van der Waals surface area contributed by atoms with Crippen molar-refractivity contribution < 1.29 is 0 Å². The van der Waals surface area contributed by atoms with Gasteiger partial charge in [-0.05, 0) is 49.6 Å². The lowest BCUT2D eigenvalue weighted by atomic mass is 9.75. The number of thioether (sulfide) groups is 1. The first-order valence-electron chi connectivity index (χ1n) is 7.22. The molecule has 0 unspecified atom stereocenters. The molecule has 3 rings (SSSR count). The van der Waals surface area contributed by atoms with E-state index in [1.165, 1.54) is 34.6 Å². The van der Waals surface area contributed by atoms with Gasteiger partial charge in [-0.2, -0.15) is 0 Å². The van der Waals surface area contributed by atoms with Crippen molar-refractivity contribution >= 4 is 17.4 Å². The number of hydrogen-bond acceptors (Lipinski definition) is 2. The molecule has 0 saturated heterocycles. The van der Waals surface area contributed by atoms with Gasteiger partial charge >= 0.3 is 0 Å². The van der Waals surface area contributed by atoms with E-state index in [0.717, 1.165) is 5.92 Å². The largest absolute Gasteiger partial charge is 0.381 e. The highest BCUT2D eigenvalue weighted by Gasteiger charge is 2.30. The first-order chi connectivity index (χ1) is 9.76. The van der Waals surface area contributed by atoms with Gasteiger partial charge in [-0.25, -0.2) is 0 Å². The van der Waals surface area contributed by atoms with Crippen molar-refractivity contribution in [2.45, 2.75) is 36.6 Å². The maximum Gasteiger partial charge on any atom is 0.0480 e. The molecule has 20 heavy (non-hydrogen) atoms. The predicted molar refractivity (Wildman–Crippen MR) is 88.8 cm³/mol. The van der Waals surface area contributed by atoms with Crippen LogP contribution in [0.2, 0.25) is 0 Å². The number of benzene rings is 2. The zero-order valence-corrected chi connectivity index (χ0v) is 12.9. The van der Waals surface area contributed by atoms with Crippen molar-refractivity contribution in [3.63, 3.8) is 0 Å². The summed E-state index contributed by atoms with van der Waals surface area (Å²) >= 11 is 1.81. The molecule has 1 aliphatic carbocycles. The third-order valence-corrected chi connectivity index (χ3v) is 4.95. The van der Waals surface area contributed by atoms with Crippen molar-refractivity contribution in [3.05, 3.63) is 59.7 Å². The molecule has 1 saturated carbocycles. The van der Waals surface area contributed by atoms with Gasteiger partial charge in [-0.1, -0.05) is 42.0 Å². The zero-order chi connectivity index (χ0) is 13.9. The van der Waals surface area contributed by atoms with Gasteiger partial charge in [0, 0.05) is 16.6 Å². The Morgan fingerprint density at radius 2 is 1.70 bits per heavy atom. The van der Waals surface area contributed by atoms with Crippen molar-refractivity contribution in [2.75, 3.05) is 11.6 Å². The van der Waals surface area contributed by atoms with E-state index in [1.807, 2.05) is 11.8 Å². The molecule has 0 bridgehead atoms. The molecule has 1 fully saturated rings. The molecular weight excluding hydrogens is 262 g/mol. The molecular formula is C18H21NS. The first kappa shape index (κ1) is 13.6. The maximum absolute atomic E-state index is 3.69. The van der Waals surface area contributed by atoms with Crippen LogP contribution in [0.4, 0.5) is 5.69 Å². The lowest BCUT2D eigenvalue weighted by Crippen LogP contribution is -2.34. The summed E-state index contributed by atoms with van der Waals surface area (Å²) in [7, 11) is 0. The van der Waals surface area contributed by atoms with E-state index in [1.54, 1.807) is 0 Å². The number of nitrogens with one attached hydrogen (secondary N) is 1. The van der Waals surface area contributed by atoms with E-state index in [9.17, 15) is 0 Å². The lowest BCUT2D eigenvalue weighted by molar-refractivity contribution is 0.373. The third kappa shape index (κ3) is 2.85. The van der Waals surface area contributed by atoms with Crippen molar-refractivity contribution in [1.82, 2.24) is 0 Å². The van der Waals surface area contributed by atoms with Gasteiger partial charge in [0.05, 0.1) is 0 Å². The fourth-order valence-electron chi connectivity index (χ4n) is 2.83. The average molecular weight is 283 g/mol. The van der Waals surface area contributed by atoms with Gasteiger partial charge in [0.25, 0.3) is 0 Å². The smallest absolute Gasteiger partial charge is 0.0480 e. The van der Waals surface area contributed by atoms with Crippen LogP contribution >= 0.6 is 11.8 Å². The molecule has 2 aromatic carbocycles. The lowest BCUT2D eigenvalue weighted by Gasteiger charge is -2.37. The fourth-order valence-corrected chi connectivity index (χ4v) is 3.39. The summed E-state index contributed by atoms with van der Waals surface area (Å²) in [6.07, 6.45) is 4.62. The summed E-state index contributed by atoms with van der Waals surface area (Å²) in [5, 5.41) is 3.69. The van der Waals surface area contributed by atoms with Crippen molar-refractivity contribution in [1.29, 1.82) is 0 Å². The molecule has 0 atom stereocenters. The number of para-hydroxylation sites is 1. The monoisotopic (exact) mass is 283 g/mol. The summed E-state index contributed by atoms with van der Waals surface area (Å²) in [5.74, 6) is 0.731. The molecule has 2 aromatic rings. The summed E-state index contributed by atoms with van der Waals surface area (Å²) in [5.41, 5.74) is 4.12. The standard InChI is InChI=1S/C18H21NS/c1-13-7-9-14(10-8-13)15-11-16(12-15)19-17-5-3-4-6-18(17)20-2/h3-10,15-16,19H,11-12H2,1-2H3. The van der Waals surface area contributed by atoms with Crippen LogP contribution in [0.1, 0.15) is 29.9 Å². The highest BCUT2D eigenvalue weighted by Crippen LogP contribution is 2.39. The van der Waals surface area contributed by atoms with E-state index in [-0.39, 0.29) is 0 Å². The van der Waals surface area contributed by atoms with Gasteiger partial charge < -0.3 is 5.32 Å². The first-order valence-corrected chi connectivity index (χ1v) is 8.45. The maximum atomic E-state index is 3.69. The number of hydrogen-bond donors (Lipinski definition) is 1. The van der Waals surface area contributed by atoms with Crippen LogP contribution in [0.5, 0.6) is 0 Å². The average Bonchev–Trinajstić information content (AvgIpc) is 2.44. The van der Waals surface area contributed by atoms with Crippen LogP contribution < -0.4 is 5.32 Å². The predicted octanol–water partition coefficient (Wildman–Crippen LogP) is 5.08. The number of aryl methyl sites for hydroxylation is 1. The molecule has 1 nitrogen and oxygen atoms in total. The Morgan fingerprint density at radius 1 is 1.00 bits per heavy atom. The molecule has 104 valence electrons. The van der Waals surface area contributed by atoms with Gasteiger partial charge in [0.15, 0.2) is 0 Å². The normalized spacial score (nSPS) is 21.3.